The van der Waals surface area contributed by atoms with Crippen LogP contribution >= 0.6 is 0 Å². The van der Waals surface area contributed by atoms with Gasteiger partial charge in [-0.2, -0.15) is 0 Å². The molecule has 0 saturated carbocycles. The summed E-state index contributed by atoms with van der Waals surface area (Å²) in [6.45, 7) is 0.166. The second-order valence-corrected chi connectivity index (χ2v) is 5.91. The fourth-order valence-corrected chi connectivity index (χ4v) is 2.58. The number of imide groups is 1. The molecule has 2 aromatic rings. The van der Waals surface area contributed by atoms with Crippen LogP contribution in [0.2, 0.25) is 0 Å². The average molecular weight is 367 g/mol. The van der Waals surface area contributed by atoms with Crippen molar-refractivity contribution < 1.29 is 28.8 Å². The Balaban J connectivity index is 1.41. The van der Waals surface area contributed by atoms with E-state index in [9.17, 15) is 19.2 Å². The van der Waals surface area contributed by atoms with E-state index in [-0.39, 0.29) is 37.0 Å². The van der Waals surface area contributed by atoms with Crippen LogP contribution in [0.25, 0.3) is 0 Å². The molecule has 1 aliphatic rings. The van der Waals surface area contributed by atoms with Gasteiger partial charge in [-0.25, -0.2) is 4.79 Å². The summed E-state index contributed by atoms with van der Waals surface area (Å²) in [5, 5.41) is 0.459. The molecule has 0 atom stereocenters. The van der Waals surface area contributed by atoms with Gasteiger partial charge < -0.3 is 9.57 Å². The summed E-state index contributed by atoms with van der Waals surface area (Å²) in [5.74, 6) is -2.55. The molecule has 0 saturated heterocycles. The van der Waals surface area contributed by atoms with Crippen molar-refractivity contribution in [3.05, 3.63) is 71.3 Å². The van der Waals surface area contributed by atoms with Gasteiger partial charge in [0.15, 0.2) is 0 Å². The summed E-state index contributed by atoms with van der Waals surface area (Å²) < 4.78 is 5.11. The third kappa shape index (κ3) is 4.38. The fraction of sp³-hybridized carbons (Fsp3) is 0.200. The number of nitrogens with zero attached hydrogens (tertiary/aromatic N) is 1. The highest BCUT2D eigenvalue weighted by Crippen LogP contribution is 2.23. The number of hydrogen-bond donors (Lipinski definition) is 0. The molecule has 3 rings (SSSR count). The van der Waals surface area contributed by atoms with Crippen molar-refractivity contribution in [3.8, 4) is 0 Å². The van der Waals surface area contributed by atoms with Crippen LogP contribution in [-0.2, 0) is 25.8 Å². The number of carbonyl (C=O) groups is 4. The maximum Gasteiger partial charge on any atom is 0.333 e. The third-order valence-corrected chi connectivity index (χ3v) is 3.95. The van der Waals surface area contributed by atoms with Crippen LogP contribution in [0.15, 0.2) is 54.6 Å². The molecule has 7 heteroatoms. The van der Waals surface area contributed by atoms with Gasteiger partial charge in [-0.15, -0.1) is 0 Å². The lowest BCUT2D eigenvalue weighted by Crippen LogP contribution is -2.32. The van der Waals surface area contributed by atoms with Gasteiger partial charge in [-0.1, -0.05) is 47.5 Å². The predicted molar refractivity (Wildman–Crippen MR) is 93.1 cm³/mol. The first kappa shape index (κ1) is 18.3. The highest BCUT2D eigenvalue weighted by atomic mass is 16.7. The lowest BCUT2D eigenvalue weighted by atomic mass is 10.1. The monoisotopic (exact) mass is 367 g/mol. The first-order valence-corrected chi connectivity index (χ1v) is 8.44. The third-order valence-electron chi connectivity index (χ3n) is 3.95. The van der Waals surface area contributed by atoms with E-state index >= 15 is 0 Å². The molecule has 0 aliphatic carbocycles. The van der Waals surface area contributed by atoms with Crippen LogP contribution < -0.4 is 0 Å². The number of esters is 1. The van der Waals surface area contributed by atoms with Crippen molar-refractivity contribution in [2.45, 2.75) is 25.9 Å². The highest BCUT2D eigenvalue weighted by molar-refractivity contribution is 6.20. The van der Waals surface area contributed by atoms with Crippen molar-refractivity contribution >= 4 is 23.8 Å². The lowest BCUT2D eigenvalue weighted by molar-refractivity contribution is -0.168. The number of fused-ring (bicyclic) bond motifs is 1. The maximum absolute atomic E-state index is 12.1. The number of amides is 2. The molecule has 0 aromatic heterocycles. The SMILES string of the molecule is O=C(CCCC(=O)ON1C(=O)c2ccccc2C1=O)OCc1ccccc1. The van der Waals surface area contributed by atoms with Crippen LogP contribution in [-0.4, -0.2) is 28.8 Å². The molecule has 1 aliphatic heterocycles. The van der Waals surface area contributed by atoms with Crippen molar-refractivity contribution in [2.75, 3.05) is 0 Å². The predicted octanol–water partition coefficient (Wildman–Crippen LogP) is 2.65. The Labute approximate surface area is 155 Å². The first-order chi connectivity index (χ1) is 13.1. The molecule has 0 radical (unpaired) electrons. The maximum atomic E-state index is 12.1. The molecule has 0 spiro atoms. The summed E-state index contributed by atoms with van der Waals surface area (Å²) in [7, 11) is 0. The van der Waals surface area contributed by atoms with E-state index in [0.717, 1.165) is 5.56 Å². The van der Waals surface area contributed by atoms with Crippen LogP contribution in [0.5, 0.6) is 0 Å². The van der Waals surface area contributed by atoms with E-state index in [1.165, 1.54) is 12.1 Å². The van der Waals surface area contributed by atoms with Crippen molar-refractivity contribution in [1.29, 1.82) is 0 Å². The normalized spacial score (nSPS) is 12.7. The number of benzene rings is 2. The van der Waals surface area contributed by atoms with E-state index in [4.69, 9.17) is 9.57 Å². The fourth-order valence-electron chi connectivity index (χ4n) is 2.58. The summed E-state index contributed by atoms with van der Waals surface area (Å²) in [4.78, 5) is 52.7. The minimum atomic E-state index is -0.764. The topological polar surface area (TPSA) is 90.0 Å². The quantitative estimate of drug-likeness (QED) is 0.552. The number of ether oxygens (including phenoxy) is 1. The molecular weight excluding hydrogens is 350 g/mol. The number of hydroxylamine groups is 2. The van der Waals surface area contributed by atoms with Gasteiger partial charge in [-0.3, -0.25) is 14.4 Å². The van der Waals surface area contributed by atoms with E-state index in [1.54, 1.807) is 12.1 Å². The van der Waals surface area contributed by atoms with Crippen LogP contribution in [0, 0.1) is 0 Å². The molecule has 0 N–H and O–H groups in total. The molecule has 0 unspecified atom stereocenters. The second kappa shape index (κ2) is 8.27. The minimum Gasteiger partial charge on any atom is -0.461 e. The largest absolute Gasteiger partial charge is 0.461 e. The van der Waals surface area contributed by atoms with Gasteiger partial charge in [0.1, 0.15) is 6.61 Å². The zero-order valence-corrected chi connectivity index (χ0v) is 14.4. The molecule has 0 fully saturated rings. The summed E-state index contributed by atoms with van der Waals surface area (Å²) in [6.07, 6.45) is 0.105. The molecule has 138 valence electrons. The average Bonchev–Trinajstić information content (AvgIpc) is 2.92. The van der Waals surface area contributed by atoms with E-state index < -0.39 is 23.8 Å². The van der Waals surface area contributed by atoms with Crippen molar-refractivity contribution in [1.82, 2.24) is 5.06 Å². The molecule has 1 heterocycles. The number of rotatable bonds is 7. The van der Waals surface area contributed by atoms with Crippen LogP contribution in [0.4, 0.5) is 0 Å². The minimum absolute atomic E-state index is 0.0318. The van der Waals surface area contributed by atoms with Crippen molar-refractivity contribution in [3.63, 3.8) is 0 Å². The number of hydrogen-bond acceptors (Lipinski definition) is 6. The van der Waals surface area contributed by atoms with E-state index in [0.29, 0.717) is 5.06 Å². The second-order valence-electron chi connectivity index (χ2n) is 5.91. The Morgan fingerprint density at radius 2 is 1.33 bits per heavy atom. The Morgan fingerprint density at radius 1 is 0.778 bits per heavy atom. The van der Waals surface area contributed by atoms with Crippen molar-refractivity contribution in [2.24, 2.45) is 0 Å². The van der Waals surface area contributed by atoms with Gasteiger partial charge in [0.2, 0.25) is 0 Å². The lowest BCUT2D eigenvalue weighted by Gasteiger charge is -2.12. The first-order valence-electron chi connectivity index (χ1n) is 8.44. The molecule has 2 amide bonds. The summed E-state index contributed by atoms with van der Waals surface area (Å²) >= 11 is 0. The van der Waals surface area contributed by atoms with Gasteiger partial charge in [0.05, 0.1) is 11.1 Å². The Morgan fingerprint density at radius 3 is 1.96 bits per heavy atom. The summed E-state index contributed by atoms with van der Waals surface area (Å²) in [6, 6.07) is 15.5. The van der Waals surface area contributed by atoms with Crippen LogP contribution in [0.1, 0.15) is 45.5 Å². The van der Waals surface area contributed by atoms with Gasteiger partial charge in [-0.05, 0) is 24.1 Å². The van der Waals surface area contributed by atoms with E-state index in [1.807, 2.05) is 30.3 Å². The van der Waals surface area contributed by atoms with Crippen LogP contribution in [0.3, 0.4) is 0 Å². The molecule has 2 aromatic carbocycles. The van der Waals surface area contributed by atoms with Gasteiger partial charge in [0.25, 0.3) is 11.8 Å². The molecular formula is C20H17NO6. The molecule has 7 nitrogen and oxygen atoms in total. The van der Waals surface area contributed by atoms with Gasteiger partial charge in [0, 0.05) is 12.8 Å². The highest BCUT2D eigenvalue weighted by Gasteiger charge is 2.38. The smallest absolute Gasteiger partial charge is 0.333 e. The number of carbonyl (C=O) groups excluding carboxylic acids is 4. The Bertz CT molecular complexity index is 842. The Hall–Kier alpha value is -3.48. The van der Waals surface area contributed by atoms with Gasteiger partial charge >= 0.3 is 11.9 Å². The molecule has 0 bridgehead atoms. The molecule has 27 heavy (non-hydrogen) atoms. The Kier molecular flexibility index (Phi) is 5.61. The zero-order valence-electron chi connectivity index (χ0n) is 14.4. The van der Waals surface area contributed by atoms with E-state index in [2.05, 4.69) is 0 Å². The zero-order chi connectivity index (χ0) is 19.2. The standard InChI is InChI=1S/C20H17NO6/c22-17(26-13-14-7-2-1-3-8-14)11-6-12-18(23)27-21-19(24)15-9-4-5-10-16(15)20(21)25/h1-5,7-10H,6,11-13H2. The summed E-state index contributed by atoms with van der Waals surface area (Å²) in [5.41, 5.74) is 1.26.